The Kier molecular flexibility index (Phi) is 5.67. The predicted octanol–water partition coefficient (Wildman–Crippen LogP) is 3.83. The molecule has 2 aromatic carbocycles. The van der Waals surface area contributed by atoms with Crippen LogP contribution in [0.4, 0.5) is 11.4 Å². The molecule has 0 bridgehead atoms. The number of non-ortho nitro benzene ring substituents is 1. The largest absolute Gasteiger partial charge is 0.270 e. The first-order valence-corrected chi connectivity index (χ1v) is 10.2. The van der Waals surface area contributed by atoms with E-state index in [9.17, 15) is 18.5 Å². The van der Waals surface area contributed by atoms with Gasteiger partial charge in [-0.05, 0) is 43.0 Å². The van der Waals surface area contributed by atoms with Crippen molar-refractivity contribution in [2.24, 2.45) is 4.99 Å². The number of benzene rings is 2. The van der Waals surface area contributed by atoms with E-state index in [1.165, 1.54) is 22.7 Å². The van der Waals surface area contributed by atoms with Crippen LogP contribution in [0, 0.1) is 17.0 Å². The lowest BCUT2D eigenvalue weighted by atomic mass is 10.2. The first kappa shape index (κ1) is 19.2. The molecule has 1 heterocycles. The second-order valence-electron chi connectivity index (χ2n) is 6.55. The number of hydrogen-bond acceptors (Lipinski definition) is 5. The van der Waals surface area contributed by atoms with Crippen LogP contribution in [0.2, 0.25) is 0 Å². The van der Waals surface area contributed by atoms with Crippen LogP contribution in [0.3, 0.4) is 0 Å². The monoisotopic (exact) mass is 387 g/mol. The fourth-order valence-corrected chi connectivity index (χ4v) is 4.78. The summed E-state index contributed by atoms with van der Waals surface area (Å²) in [6.45, 7) is 2.87. The van der Waals surface area contributed by atoms with E-state index in [-0.39, 0.29) is 10.6 Å². The summed E-state index contributed by atoms with van der Waals surface area (Å²) in [6, 6.07) is 11.1. The van der Waals surface area contributed by atoms with Crippen LogP contribution >= 0.6 is 0 Å². The molecular weight excluding hydrogens is 366 g/mol. The van der Waals surface area contributed by atoms with Gasteiger partial charge in [-0.1, -0.05) is 24.6 Å². The van der Waals surface area contributed by atoms with Crippen LogP contribution in [0.5, 0.6) is 0 Å². The molecule has 0 amide bonds. The van der Waals surface area contributed by atoms with Crippen molar-refractivity contribution in [3.05, 3.63) is 63.7 Å². The van der Waals surface area contributed by atoms with E-state index in [1.807, 2.05) is 6.92 Å². The summed E-state index contributed by atoms with van der Waals surface area (Å²) in [5.41, 5.74) is 1.66. The standard InChI is InChI=1S/C19H21N3O4S/c1-15-8-9-18(20-14-16-6-5-7-17(13-16)22(23)24)19(12-15)27(25,26)21-10-3-2-4-11-21/h5-9,12-14H,2-4,10-11H2,1H3. The van der Waals surface area contributed by atoms with E-state index in [0.717, 1.165) is 24.8 Å². The van der Waals surface area contributed by atoms with Crippen molar-refractivity contribution in [2.75, 3.05) is 13.1 Å². The maximum atomic E-state index is 13.1. The highest BCUT2D eigenvalue weighted by molar-refractivity contribution is 7.89. The number of sulfonamides is 1. The number of aryl methyl sites for hydroxylation is 1. The van der Waals surface area contributed by atoms with Gasteiger partial charge in [0.05, 0.1) is 10.6 Å². The minimum absolute atomic E-state index is 0.0379. The summed E-state index contributed by atoms with van der Waals surface area (Å²) in [5, 5.41) is 10.9. The zero-order valence-electron chi connectivity index (χ0n) is 15.0. The number of rotatable bonds is 5. The molecule has 1 aliphatic rings. The molecule has 1 fully saturated rings. The Hall–Kier alpha value is -2.58. The van der Waals surface area contributed by atoms with Crippen molar-refractivity contribution in [2.45, 2.75) is 31.1 Å². The highest BCUT2D eigenvalue weighted by Gasteiger charge is 2.28. The molecule has 1 aliphatic heterocycles. The van der Waals surface area contributed by atoms with Gasteiger partial charge in [-0.25, -0.2) is 8.42 Å². The highest BCUT2D eigenvalue weighted by Crippen LogP contribution is 2.30. The number of nitrogens with zero attached hydrogens (tertiary/aromatic N) is 3. The molecule has 1 saturated heterocycles. The third-order valence-electron chi connectivity index (χ3n) is 4.48. The molecule has 0 spiro atoms. The molecule has 0 N–H and O–H groups in total. The summed E-state index contributed by atoms with van der Waals surface area (Å²) in [5.74, 6) is 0. The lowest BCUT2D eigenvalue weighted by Gasteiger charge is -2.26. The van der Waals surface area contributed by atoms with Crippen molar-refractivity contribution < 1.29 is 13.3 Å². The summed E-state index contributed by atoms with van der Waals surface area (Å²) in [4.78, 5) is 14.9. The van der Waals surface area contributed by atoms with Crippen LogP contribution in [0.25, 0.3) is 0 Å². The Labute approximate surface area is 158 Å². The Bertz CT molecular complexity index is 980. The molecule has 0 saturated carbocycles. The quantitative estimate of drug-likeness (QED) is 0.443. The van der Waals surface area contributed by atoms with Crippen molar-refractivity contribution in [3.63, 3.8) is 0 Å². The molecule has 0 aromatic heterocycles. The molecule has 0 atom stereocenters. The zero-order chi connectivity index (χ0) is 19.4. The van der Waals surface area contributed by atoms with Crippen molar-refractivity contribution in [1.82, 2.24) is 4.31 Å². The van der Waals surface area contributed by atoms with Gasteiger partial charge in [-0.2, -0.15) is 4.31 Å². The predicted molar refractivity (Wildman–Crippen MR) is 104 cm³/mol. The lowest BCUT2D eigenvalue weighted by molar-refractivity contribution is -0.384. The first-order valence-electron chi connectivity index (χ1n) is 8.77. The van der Waals surface area contributed by atoms with Crippen molar-refractivity contribution in [3.8, 4) is 0 Å². The summed E-state index contributed by atoms with van der Waals surface area (Å²) >= 11 is 0. The Morgan fingerprint density at radius 1 is 1.11 bits per heavy atom. The lowest BCUT2D eigenvalue weighted by Crippen LogP contribution is -2.35. The van der Waals surface area contributed by atoms with Gasteiger partial charge in [-0.3, -0.25) is 15.1 Å². The fraction of sp³-hybridized carbons (Fsp3) is 0.316. The Morgan fingerprint density at radius 2 is 1.85 bits per heavy atom. The van der Waals surface area contributed by atoms with Gasteiger partial charge < -0.3 is 0 Å². The number of hydrogen-bond donors (Lipinski definition) is 0. The SMILES string of the molecule is Cc1ccc(N=Cc2cccc([N+](=O)[O-])c2)c(S(=O)(=O)N2CCCCC2)c1. The number of nitro benzene ring substituents is 1. The smallest absolute Gasteiger partial charge is 0.258 e. The van der Waals surface area contributed by atoms with Crippen molar-refractivity contribution in [1.29, 1.82) is 0 Å². The van der Waals surface area contributed by atoms with Gasteiger partial charge in [0, 0.05) is 31.4 Å². The van der Waals surface area contributed by atoms with E-state index in [1.54, 1.807) is 30.3 Å². The molecule has 8 heteroatoms. The molecule has 27 heavy (non-hydrogen) atoms. The number of piperidine rings is 1. The second-order valence-corrected chi connectivity index (χ2v) is 8.45. The minimum Gasteiger partial charge on any atom is -0.258 e. The third kappa shape index (κ3) is 4.40. The van der Waals surface area contributed by atoms with Gasteiger partial charge >= 0.3 is 0 Å². The Morgan fingerprint density at radius 3 is 2.56 bits per heavy atom. The molecule has 7 nitrogen and oxygen atoms in total. The molecule has 2 aromatic rings. The van der Waals surface area contributed by atoms with Gasteiger partial charge in [0.25, 0.3) is 5.69 Å². The average molecular weight is 387 g/mol. The van der Waals surface area contributed by atoms with E-state index in [4.69, 9.17) is 0 Å². The van der Waals surface area contributed by atoms with Gasteiger partial charge in [0.1, 0.15) is 4.90 Å². The third-order valence-corrected chi connectivity index (χ3v) is 6.41. The van der Waals surface area contributed by atoms with E-state index in [0.29, 0.717) is 24.3 Å². The van der Waals surface area contributed by atoms with Gasteiger partial charge in [-0.15, -0.1) is 0 Å². The van der Waals surface area contributed by atoms with Gasteiger partial charge in [0.2, 0.25) is 10.0 Å². The van der Waals surface area contributed by atoms with Crippen LogP contribution < -0.4 is 0 Å². The molecular formula is C19H21N3O4S. The molecule has 142 valence electrons. The maximum Gasteiger partial charge on any atom is 0.270 e. The summed E-state index contributed by atoms with van der Waals surface area (Å²) < 4.78 is 27.7. The highest BCUT2D eigenvalue weighted by atomic mass is 32.2. The number of aliphatic imine (C=N–C) groups is 1. The van der Waals surface area contributed by atoms with Crippen LogP contribution in [-0.4, -0.2) is 37.0 Å². The maximum absolute atomic E-state index is 13.1. The average Bonchev–Trinajstić information content (AvgIpc) is 2.68. The van der Waals surface area contributed by atoms with Crippen molar-refractivity contribution >= 4 is 27.6 Å². The summed E-state index contributed by atoms with van der Waals surface area (Å²) in [6.07, 6.45) is 4.21. The fourth-order valence-electron chi connectivity index (χ4n) is 3.04. The second kappa shape index (κ2) is 7.98. The zero-order valence-corrected chi connectivity index (χ0v) is 15.9. The van der Waals surface area contributed by atoms with E-state index >= 15 is 0 Å². The summed E-state index contributed by atoms with van der Waals surface area (Å²) in [7, 11) is -3.63. The molecule has 0 radical (unpaired) electrons. The molecule has 0 unspecified atom stereocenters. The minimum atomic E-state index is -3.63. The number of nitro groups is 1. The first-order chi connectivity index (χ1) is 12.9. The molecule has 3 rings (SSSR count). The van der Waals surface area contributed by atoms with Crippen LogP contribution in [0.15, 0.2) is 52.4 Å². The topological polar surface area (TPSA) is 92.9 Å². The van der Waals surface area contributed by atoms with Crippen LogP contribution in [-0.2, 0) is 10.0 Å². The van der Waals surface area contributed by atoms with E-state index < -0.39 is 14.9 Å². The van der Waals surface area contributed by atoms with Gasteiger partial charge in [0.15, 0.2) is 0 Å². The molecule has 0 aliphatic carbocycles. The van der Waals surface area contributed by atoms with Crippen LogP contribution in [0.1, 0.15) is 30.4 Å². The van der Waals surface area contributed by atoms with E-state index in [2.05, 4.69) is 4.99 Å². The normalized spacial score (nSPS) is 15.9. The Balaban J connectivity index is 1.97.